The van der Waals surface area contributed by atoms with E-state index in [9.17, 15) is 18.0 Å². The maximum absolute atomic E-state index is 12.8. The van der Waals surface area contributed by atoms with Crippen molar-refractivity contribution in [3.63, 3.8) is 0 Å². The van der Waals surface area contributed by atoms with Crippen LogP contribution in [0.3, 0.4) is 0 Å². The van der Waals surface area contributed by atoms with Gasteiger partial charge >= 0.3 is 6.18 Å². The van der Waals surface area contributed by atoms with Crippen LogP contribution in [0.1, 0.15) is 16.2 Å². The Bertz CT molecular complexity index is 711. The molecule has 8 heteroatoms. The van der Waals surface area contributed by atoms with E-state index in [1.165, 1.54) is 4.90 Å². The minimum atomic E-state index is -4.48. The summed E-state index contributed by atoms with van der Waals surface area (Å²) in [7, 11) is 0. The molecular formula is C14H14F3N3O2. The van der Waals surface area contributed by atoms with Crippen LogP contribution in [0.2, 0.25) is 0 Å². The molecule has 1 aromatic carbocycles. The molecule has 118 valence electrons. The average molecular weight is 313 g/mol. The highest BCUT2D eigenvalue weighted by Crippen LogP contribution is 2.27. The molecule has 0 radical (unpaired) electrons. The van der Waals surface area contributed by atoms with Gasteiger partial charge in [-0.3, -0.25) is 4.79 Å². The topological polar surface area (TPSA) is 58.2 Å². The second-order valence-electron chi connectivity index (χ2n) is 5.18. The SMILES string of the molecule is Cc1nc2c(C(=O)N3CCO[C@H](C(F)(F)F)C3)cccc2[nH]1. The first-order valence-corrected chi connectivity index (χ1v) is 6.79. The maximum Gasteiger partial charge on any atom is 0.416 e. The molecule has 0 saturated carbocycles. The van der Waals surface area contributed by atoms with E-state index in [1.807, 2.05) is 0 Å². The highest BCUT2D eigenvalue weighted by Gasteiger charge is 2.44. The summed E-state index contributed by atoms with van der Waals surface area (Å²) in [6.45, 7) is 1.25. The van der Waals surface area contributed by atoms with Crippen LogP contribution in [0.5, 0.6) is 0 Å². The van der Waals surface area contributed by atoms with E-state index in [0.717, 1.165) is 0 Å². The minimum absolute atomic E-state index is 0.130. The third kappa shape index (κ3) is 2.66. The van der Waals surface area contributed by atoms with Gasteiger partial charge in [-0.25, -0.2) is 4.98 Å². The summed E-state index contributed by atoms with van der Waals surface area (Å²) in [4.78, 5) is 21.0. The number of fused-ring (bicyclic) bond motifs is 1. The van der Waals surface area contributed by atoms with Crippen LogP contribution in [0, 0.1) is 6.92 Å². The molecule has 2 heterocycles. The fourth-order valence-electron chi connectivity index (χ4n) is 2.53. The second kappa shape index (κ2) is 5.28. The van der Waals surface area contributed by atoms with E-state index in [0.29, 0.717) is 22.4 Å². The highest BCUT2D eigenvalue weighted by molar-refractivity contribution is 6.04. The number of nitrogens with zero attached hydrogens (tertiary/aromatic N) is 2. The Morgan fingerprint density at radius 1 is 1.45 bits per heavy atom. The van der Waals surface area contributed by atoms with E-state index >= 15 is 0 Å². The molecule has 2 aromatic rings. The van der Waals surface area contributed by atoms with E-state index in [2.05, 4.69) is 9.97 Å². The molecule has 1 saturated heterocycles. The number of ether oxygens (including phenoxy) is 1. The molecule has 22 heavy (non-hydrogen) atoms. The fraction of sp³-hybridized carbons (Fsp3) is 0.429. The summed E-state index contributed by atoms with van der Waals surface area (Å²) in [6.07, 6.45) is -6.42. The van der Waals surface area contributed by atoms with Gasteiger partial charge < -0.3 is 14.6 Å². The van der Waals surface area contributed by atoms with Crippen molar-refractivity contribution in [1.82, 2.24) is 14.9 Å². The molecule has 5 nitrogen and oxygen atoms in total. The number of amides is 1. The summed E-state index contributed by atoms with van der Waals surface area (Å²) in [5.41, 5.74) is 1.45. The number of rotatable bonds is 1. The number of H-pyrrole nitrogens is 1. The zero-order valence-electron chi connectivity index (χ0n) is 11.8. The number of hydrogen-bond donors (Lipinski definition) is 1. The van der Waals surface area contributed by atoms with Crippen LogP contribution < -0.4 is 0 Å². The predicted molar refractivity (Wildman–Crippen MR) is 72.5 cm³/mol. The van der Waals surface area contributed by atoms with Crippen molar-refractivity contribution >= 4 is 16.9 Å². The van der Waals surface area contributed by atoms with Gasteiger partial charge in [0.2, 0.25) is 0 Å². The van der Waals surface area contributed by atoms with Gasteiger partial charge in [-0.15, -0.1) is 0 Å². The van der Waals surface area contributed by atoms with Crippen LogP contribution in [-0.4, -0.2) is 52.8 Å². The Balaban J connectivity index is 1.89. The van der Waals surface area contributed by atoms with Crippen LogP contribution >= 0.6 is 0 Å². The van der Waals surface area contributed by atoms with Crippen molar-refractivity contribution in [2.24, 2.45) is 0 Å². The number of aryl methyl sites for hydroxylation is 1. The Labute approximate surface area is 124 Å². The van der Waals surface area contributed by atoms with Crippen molar-refractivity contribution in [2.45, 2.75) is 19.2 Å². The predicted octanol–water partition coefficient (Wildman–Crippen LogP) is 2.27. The molecule has 0 unspecified atom stereocenters. The zero-order chi connectivity index (χ0) is 15.9. The van der Waals surface area contributed by atoms with Crippen LogP contribution in [0.4, 0.5) is 13.2 Å². The lowest BCUT2D eigenvalue weighted by Crippen LogP contribution is -2.51. The molecule has 1 amide bonds. The number of benzene rings is 1. The smallest absolute Gasteiger partial charge is 0.365 e. The number of morpholine rings is 1. The number of alkyl halides is 3. The van der Waals surface area contributed by atoms with E-state index in [4.69, 9.17) is 4.74 Å². The molecule has 0 aliphatic carbocycles. The molecule has 1 atom stereocenters. The first-order chi connectivity index (χ1) is 10.4. The maximum atomic E-state index is 12.8. The van der Waals surface area contributed by atoms with Gasteiger partial charge in [0.1, 0.15) is 11.3 Å². The number of imidazole rings is 1. The second-order valence-corrected chi connectivity index (χ2v) is 5.18. The van der Waals surface area contributed by atoms with Crippen molar-refractivity contribution in [2.75, 3.05) is 19.7 Å². The van der Waals surface area contributed by atoms with Gasteiger partial charge in [0.05, 0.1) is 24.2 Å². The van der Waals surface area contributed by atoms with Crippen LogP contribution in [0.25, 0.3) is 11.0 Å². The van der Waals surface area contributed by atoms with Gasteiger partial charge in [-0.1, -0.05) is 6.07 Å². The summed E-state index contributed by atoms with van der Waals surface area (Å²) < 4.78 is 43.0. The van der Waals surface area contributed by atoms with Gasteiger partial charge in [-0.05, 0) is 19.1 Å². The van der Waals surface area contributed by atoms with Gasteiger partial charge in [0.15, 0.2) is 6.10 Å². The molecule has 3 rings (SSSR count). The van der Waals surface area contributed by atoms with E-state index in [-0.39, 0.29) is 13.2 Å². The lowest BCUT2D eigenvalue weighted by Gasteiger charge is -2.33. The van der Waals surface area contributed by atoms with E-state index in [1.54, 1.807) is 25.1 Å². The summed E-state index contributed by atoms with van der Waals surface area (Å²) in [5.74, 6) is 0.181. The lowest BCUT2D eigenvalue weighted by molar-refractivity contribution is -0.233. The molecule has 1 fully saturated rings. The number of carbonyl (C=O) groups excluding carboxylic acids is 1. The largest absolute Gasteiger partial charge is 0.416 e. The summed E-state index contributed by atoms with van der Waals surface area (Å²) in [5, 5.41) is 0. The molecule has 1 aliphatic rings. The normalized spacial score (nSPS) is 19.6. The Morgan fingerprint density at radius 3 is 2.95 bits per heavy atom. The van der Waals surface area contributed by atoms with Crippen LogP contribution in [0.15, 0.2) is 18.2 Å². The number of aromatic nitrogens is 2. The van der Waals surface area contributed by atoms with Gasteiger partial charge in [0, 0.05) is 6.54 Å². The average Bonchev–Trinajstić information content (AvgIpc) is 2.85. The van der Waals surface area contributed by atoms with Crippen molar-refractivity contribution in [1.29, 1.82) is 0 Å². The number of hydrogen-bond acceptors (Lipinski definition) is 3. The Hall–Kier alpha value is -2.09. The molecule has 0 spiro atoms. The standard InChI is InChI=1S/C14H14F3N3O2/c1-8-18-10-4-2-3-9(12(10)19-8)13(21)20-5-6-22-11(7-20)14(15,16)17/h2-4,11H,5-7H2,1H3,(H,18,19)/t11-/m0/s1. The van der Waals surface area contributed by atoms with Crippen LogP contribution in [-0.2, 0) is 4.74 Å². The van der Waals surface area contributed by atoms with E-state index < -0.39 is 24.7 Å². The fourth-order valence-corrected chi connectivity index (χ4v) is 2.53. The van der Waals surface area contributed by atoms with Crippen molar-refractivity contribution in [3.05, 3.63) is 29.6 Å². The quantitative estimate of drug-likeness (QED) is 0.878. The highest BCUT2D eigenvalue weighted by atomic mass is 19.4. The Kier molecular flexibility index (Phi) is 3.56. The number of para-hydroxylation sites is 1. The molecule has 1 aromatic heterocycles. The molecule has 0 bridgehead atoms. The first-order valence-electron chi connectivity index (χ1n) is 6.79. The summed E-state index contributed by atoms with van der Waals surface area (Å²) >= 11 is 0. The molecule has 1 N–H and O–H groups in total. The third-order valence-electron chi connectivity index (χ3n) is 3.58. The third-order valence-corrected chi connectivity index (χ3v) is 3.58. The monoisotopic (exact) mass is 313 g/mol. The van der Waals surface area contributed by atoms with Gasteiger partial charge in [-0.2, -0.15) is 13.2 Å². The van der Waals surface area contributed by atoms with Crippen molar-refractivity contribution in [3.8, 4) is 0 Å². The number of aromatic amines is 1. The number of carbonyl (C=O) groups is 1. The van der Waals surface area contributed by atoms with Crippen molar-refractivity contribution < 1.29 is 22.7 Å². The van der Waals surface area contributed by atoms with Gasteiger partial charge in [0.25, 0.3) is 5.91 Å². The lowest BCUT2D eigenvalue weighted by atomic mass is 10.1. The molecular weight excluding hydrogens is 299 g/mol. The molecule has 1 aliphatic heterocycles. The Morgan fingerprint density at radius 2 is 2.23 bits per heavy atom. The number of halogens is 3. The summed E-state index contributed by atoms with van der Waals surface area (Å²) in [6, 6.07) is 5.02. The minimum Gasteiger partial charge on any atom is -0.365 e. The zero-order valence-corrected chi connectivity index (χ0v) is 11.8. The first kappa shape index (κ1) is 14.8. The number of nitrogens with one attached hydrogen (secondary N) is 1.